The minimum absolute atomic E-state index is 0.334. The first kappa shape index (κ1) is 37.6. The van der Waals surface area contributed by atoms with E-state index in [1.165, 1.54) is 77.0 Å². The normalized spacial score (nSPS) is 12.8. The molecule has 2 heteroatoms. The van der Waals surface area contributed by atoms with Crippen LogP contribution in [0.15, 0.2) is 85.1 Å². The lowest BCUT2D eigenvalue weighted by atomic mass is 10.0. The number of rotatable bonds is 29. The molecule has 0 heterocycles. The van der Waals surface area contributed by atoms with Crippen molar-refractivity contribution in [3.8, 4) is 0 Å². The number of aliphatic carboxylic acids is 1. The number of allylic oxidation sites excluding steroid dienone is 14. The van der Waals surface area contributed by atoms with Crippen molar-refractivity contribution in [3.63, 3.8) is 0 Å². The summed E-state index contributed by atoms with van der Waals surface area (Å²) in [6.07, 6.45) is 57.1. The van der Waals surface area contributed by atoms with Crippen molar-refractivity contribution in [2.75, 3.05) is 0 Å². The summed E-state index contributed by atoms with van der Waals surface area (Å²) in [6, 6.07) is 0. The van der Waals surface area contributed by atoms with E-state index in [-0.39, 0.29) is 0 Å². The Hall–Kier alpha value is -2.35. The minimum Gasteiger partial charge on any atom is -0.481 e. The molecule has 0 radical (unpaired) electrons. The molecule has 0 rings (SSSR count). The summed E-state index contributed by atoms with van der Waals surface area (Å²) in [5, 5.41) is 8.62. The van der Waals surface area contributed by atoms with Gasteiger partial charge in [0, 0.05) is 6.42 Å². The lowest BCUT2D eigenvalue weighted by Crippen LogP contribution is -1.93. The predicted octanol–water partition coefficient (Wildman–Crippen LogP) is 12.6. The van der Waals surface area contributed by atoms with Crippen LogP contribution in [0.25, 0.3) is 0 Å². The van der Waals surface area contributed by atoms with Crippen LogP contribution < -0.4 is 0 Å². The molecule has 0 aliphatic rings. The second-order valence-electron chi connectivity index (χ2n) is 10.7. The monoisotopic (exact) mass is 550 g/mol. The predicted molar refractivity (Wildman–Crippen MR) is 179 cm³/mol. The second kappa shape index (κ2) is 34.7. The molecule has 0 aliphatic carbocycles. The maximum Gasteiger partial charge on any atom is 0.303 e. The van der Waals surface area contributed by atoms with Gasteiger partial charge in [0.1, 0.15) is 0 Å². The highest BCUT2D eigenvalue weighted by Gasteiger charge is 1.97. The Morgan fingerprint density at radius 2 is 0.675 bits per heavy atom. The number of carboxylic acids is 1. The van der Waals surface area contributed by atoms with Gasteiger partial charge in [-0.25, -0.2) is 0 Å². The summed E-state index contributed by atoms with van der Waals surface area (Å²) in [6.45, 7) is 2.17. The summed E-state index contributed by atoms with van der Waals surface area (Å²) < 4.78 is 0. The van der Waals surface area contributed by atoms with E-state index < -0.39 is 5.97 Å². The number of carbonyl (C=O) groups is 1. The molecule has 0 unspecified atom stereocenters. The van der Waals surface area contributed by atoms with Crippen LogP contribution in [0.1, 0.15) is 148 Å². The Bertz CT molecular complexity index is 733. The zero-order chi connectivity index (χ0) is 29.0. The van der Waals surface area contributed by atoms with Gasteiger partial charge >= 0.3 is 5.97 Å². The van der Waals surface area contributed by atoms with Gasteiger partial charge in [0.2, 0.25) is 0 Å². The van der Waals surface area contributed by atoms with Gasteiger partial charge in [0.25, 0.3) is 0 Å². The Kier molecular flexibility index (Phi) is 32.6. The molecule has 0 amide bonds. The van der Waals surface area contributed by atoms with E-state index >= 15 is 0 Å². The van der Waals surface area contributed by atoms with Crippen LogP contribution in [-0.4, -0.2) is 11.1 Å². The van der Waals surface area contributed by atoms with E-state index in [1.54, 1.807) is 0 Å². The zero-order valence-electron chi connectivity index (χ0n) is 26.0. The summed E-state index contributed by atoms with van der Waals surface area (Å²) in [4.78, 5) is 10.5. The standard InChI is InChI=1S/C38H62O2/c1-2-3-4-5-6-7-8-9-10-11-12-13-14-15-16-17-18-19-20-21-22-23-24-25-26-27-28-29-30-31-32-33-34-35-36-37-38(39)40/h3-4,6-7,9-10,12-13,15-16,18-19,21-22H,2,5,8,11,14,17,20,23-37H2,1H3,(H,39,40)/b4-3-,7-6-,10-9-,13-12-,16-15-,19-18-,22-21-. The molecule has 0 saturated carbocycles. The maximum atomic E-state index is 10.5. The van der Waals surface area contributed by atoms with Crippen LogP contribution in [0.4, 0.5) is 0 Å². The molecule has 0 atom stereocenters. The van der Waals surface area contributed by atoms with E-state index in [9.17, 15) is 4.79 Å². The quantitative estimate of drug-likeness (QED) is 0.0742. The maximum absolute atomic E-state index is 10.5. The van der Waals surface area contributed by atoms with Crippen LogP contribution in [0, 0.1) is 0 Å². The van der Waals surface area contributed by atoms with Crippen LogP contribution in [-0.2, 0) is 4.79 Å². The largest absolute Gasteiger partial charge is 0.481 e. The van der Waals surface area contributed by atoms with Crippen LogP contribution in [0.2, 0.25) is 0 Å². The highest BCUT2D eigenvalue weighted by molar-refractivity contribution is 5.66. The van der Waals surface area contributed by atoms with Gasteiger partial charge in [-0.2, -0.15) is 0 Å². The Morgan fingerprint density at radius 1 is 0.400 bits per heavy atom. The first-order valence-electron chi connectivity index (χ1n) is 16.5. The van der Waals surface area contributed by atoms with Crippen molar-refractivity contribution < 1.29 is 9.90 Å². The smallest absolute Gasteiger partial charge is 0.303 e. The summed E-state index contributed by atoms with van der Waals surface area (Å²) in [5.41, 5.74) is 0. The molecule has 0 bridgehead atoms. The molecule has 0 aromatic rings. The van der Waals surface area contributed by atoms with Crippen molar-refractivity contribution in [1.82, 2.24) is 0 Å². The minimum atomic E-state index is -0.659. The molecule has 226 valence electrons. The number of unbranched alkanes of at least 4 members (excludes halogenated alkanes) is 13. The van der Waals surface area contributed by atoms with Crippen LogP contribution >= 0.6 is 0 Å². The summed E-state index contributed by atoms with van der Waals surface area (Å²) in [5.74, 6) is -0.659. The fourth-order valence-electron chi connectivity index (χ4n) is 4.39. The highest BCUT2D eigenvalue weighted by Crippen LogP contribution is 2.13. The van der Waals surface area contributed by atoms with Gasteiger partial charge in [-0.3, -0.25) is 4.79 Å². The number of carboxylic acid groups (broad SMARTS) is 1. The molecule has 0 spiro atoms. The third kappa shape index (κ3) is 35.6. The second-order valence-corrected chi connectivity index (χ2v) is 10.7. The number of hydrogen-bond acceptors (Lipinski definition) is 1. The zero-order valence-corrected chi connectivity index (χ0v) is 26.0. The topological polar surface area (TPSA) is 37.3 Å². The van der Waals surface area contributed by atoms with Crippen LogP contribution in [0.5, 0.6) is 0 Å². The van der Waals surface area contributed by atoms with E-state index in [2.05, 4.69) is 92.0 Å². The Morgan fingerprint density at radius 3 is 1.00 bits per heavy atom. The number of hydrogen-bond donors (Lipinski definition) is 1. The lowest BCUT2D eigenvalue weighted by Gasteiger charge is -2.03. The van der Waals surface area contributed by atoms with Gasteiger partial charge in [-0.15, -0.1) is 0 Å². The summed E-state index contributed by atoms with van der Waals surface area (Å²) in [7, 11) is 0. The average Bonchev–Trinajstić information content (AvgIpc) is 2.95. The van der Waals surface area contributed by atoms with Gasteiger partial charge in [0.15, 0.2) is 0 Å². The molecule has 0 fully saturated rings. The molecule has 2 nitrogen and oxygen atoms in total. The molecule has 40 heavy (non-hydrogen) atoms. The van der Waals surface area contributed by atoms with Gasteiger partial charge in [0.05, 0.1) is 0 Å². The third-order valence-electron chi connectivity index (χ3n) is 6.80. The van der Waals surface area contributed by atoms with Crippen molar-refractivity contribution in [3.05, 3.63) is 85.1 Å². The molecule has 0 aliphatic heterocycles. The Balaban J connectivity index is 3.37. The summed E-state index contributed by atoms with van der Waals surface area (Å²) >= 11 is 0. The molecule has 0 aromatic carbocycles. The SMILES string of the molecule is CC/C=C\C/C=C\C/C=C\C/C=C\C/C=C\C/C=C\C/C=C\CCCCCCCCCCCCCCCC(=O)O. The van der Waals surface area contributed by atoms with Gasteiger partial charge in [-0.1, -0.05) is 163 Å². The van der Waals surface area contributed by atoms with E-state index in [0.717, 1.165) is 57.8 Å². The lowest BCUT2D eigenvalue weighted by molar-refractivity contribution is -0.137. The molecular weight excluding hydrogens is 488 g/mol. The van der Waals surface area contributed by atoms with Gasteiger partial charge in [-0.05, 0) is 64.2 Å². The van der Waals surface area contributed by atoms with E-state index in [4.69, 9.17) is 5.11 Å². The Labute approximate surface area is 248 Å². The van der Waals surface area contributed by atoms with Gasteiger partial charge < -0.3 is 5.11 Å². The van der Waals surface area contributed by atoms with Crippen molar-refractivity contribution in [2.45, 2.75) is 148 Å². The van der Waals surface area contributed by atoms with Crippen molar-refractivity contribution in [1.29, 1.82) is 0 Å². The molecule has 0 aromatic heterocycles. The molecular formula is C38H62O2. The first-order valence-corrected chi connectivity index (χ1v) is 16.5. The average molecular weight is 551 g/mol. The molecule has 1 N–H and O–H groups in total. The first-order chi connectivity index (χ1) is 19.8. The van der Waals surface area contributed by atoms with E-state index in [0.29, 0.717) is 6.42 Å². The third-order valence-corrected chi connectivity index (χ3v) is 6.80. The highest BCUT2D eigenvalue weighted by atomic mass is 16.4. The fourth-order valence-corrected chi connectivity index (χ4v) is 4.39. The fraction of sp³-hybridized carbons (Fsp3) is 0.605. The van der Waals surface area contributed by atoms with E-state index in [1.807, 2.05) is 0 Å². The molecule has 0 saturated heterocycles. The van der Waals surface area contributed by atoms with Crippen molar-refractivity contribution >= 4 is 5.97 Å². The van der Waals surface area contributed by atoms with Crippen LogP contribution in [0.3, 0.4) is 0 Å². The van der Waals surface area contributed by atoms with Crippen molar-refractivity contribution in [2.24, 2.45) is 0 Å².